The zero-order valence-electron chi connectivity index (χ0n) is 9.13. The zero-order valence-corrected chi connectivity index (χ0v) is 10.7. The first-order valence-corrected chi connectivity index (χ1v) is 7.56. The summed E-state index contributed by atoms with van der Waals surface area (Å²) in [7, 11) is -3.55. The molecular weight excluding hydrogens is 279 g/mol. The van der Waals surface area contributed by atoms with Crippen molar-refractivity contribution >= 4 is 21.6 Å². The molecule has 3 nitrogen and oxygen atoms in total. The van der Waals surface area contributed by atoms with E-state index >= 15 is 0 Å². The molecule has 0 radical (unpaired) electrons. The molecule has 0 aromatic heterocycles. The Morgan fingerprint density at radius 3 is 2.47 bits per heavy atom. The summed E-state index contributed by atoms with van der Waals surface area (Å²) < 4.78 is 62.5. The highest BCUT2D eigenvalue weighted by Gasteiger charge is 2.42. The van der Waals surface area contributed by atoms with Gasteiger partial charge in [-0.2, -0.15) is 13.2 Å². The number of halogens is 4. The van der Waals surface area contributed by atoms with Crippen molar-refractivity contribution in [3.8, 4) is 0 Å². The minimum atomic E-state index is -4.24. The fraction of sp³-hybridized carbons (Fsp3) is 1.00. The van der Waals surface area contributed by atoms with Crippen LogP contribution in [0.4, 0.5) is 13.2 Å². The summed E-state index contributed by atoms with van der Waals surface area (Å²) in [4.78, 5) is 0. The predicted molar refractivity (Wildman–Crippen MR) is 59.4 cm³/mol. The summed E-state index contributed by atoms with van der Waals surface area (Å²) in [6.45, 7) is 0. The number of rotatable bonds is 4. The zero-order chi connectivity index (χ0) is 13.1. The third-order valence-corrected chi connectivity index (χ3v) is 4.68. The van der Waals surface area contributed by atoms with Crippen molar-refractivity contribution in [1.29, 1.82) is 0 Å². The fourth-order valence-corrected chi connectivity index (χ4v) is 3.66. The van der Waals surface area contributed by atoms with Gasteiger partial charge in [0.1, 0.15) is 0 Å². The van der Waals surface area contributed by atoms with E-state index in [2.05, 4.69) is 4.72 Å². The lowest BCUT2D eigenvalue weighted by atomic mass is 9.86. The second kappa shape index (κ2) is 5.75. The number of nitrogens with one attached hydrogen (secondary N) is 1. The number of alkyl halides is 4. The maximum Gasteiger partial charge on any atom is 0.391 e. The molecule has 0 bridgehead atoms. The van der Waals surface area contributed by atoms with Gasteiger partial charge in [-0.15, -0.1) is 11.6 Å². The van der Waals surface area contributed by atoms with Gasteiger partial charge in [0.2, 0.25) is 10.0 Å². The predicted octanol–water partition coefficient (Wildman–Crippen LogP) is 2.27. The molecule has 1 N–H and O–H groups in total. The summed E-state index contributed by atoms with van der Waals surface area (Å²) in [6.07, 6.45) is -3.49. The van der Waals surface area contributed by atoms with Gasteiger partial charge in [-0.1, -0.05) is 6.42 Å². The highest BCUT2D eigenvalue weighted by atomic mass is 35.5. The molecule has 1 saturated carbocycles. The Morgan fingerprint density at radius 2 is 1.94 bits per heavy atom. The van der Waals surface area contributed by atoms with E-state index in [-0.39, 0.29) is 24.5 Å². The van der Waals surface area contributed by atoms with Gasteiger partial charge in [-0.05, 0) is 19.3 Å². The summed E-state index contributed by atoms with van der Waals surface area (Å²) in [5.41, 5.74) is 0. The Bertz CT molecular complexity index is 345. The van der Waals surface area contributed by atoms with Gasteiger partial charge in [-0.3, -0.25) is 0 Å². The molecule has 0 aromatic rings. The average Bonchev–Trinajstić information content (AvgIpc) is 2.15. The number of hydrogen-bond acceptors (Lipinski definition) is 2. The molecule has 0 amide bonds. The molecule has 1 rings (SSSR count). The van der Waals surface area contributed by atoms with Crippen molar-refractivity contribution in [3.05, 3.63) is 0 Å². The van der Waals surface area contributed by atoms with Crippen LogP contribution in [0.2, 0.25) is 0 Å². The van der Waals surface area contributed by atoms with Gasteiger partial charge >= 0.3 is 6.18 Å². The van der Waals surface area contributed by atoms with E-state index in [1.54, 1.807) is 0 Å². The van der Waals surface area contributed by atoms with Crippen LogP contribution in [0.15, 0.2) is 0 Å². The topological polar surface area (TPSA) is 46.2 Å². The first-order valence-electron chi connectivity index (χ1n) is 5.37. The van der Waals surface area contributed by atoms with Crippen LogP contribution in [-0.2, 0) is 10.0 Å². The molecule has 102 valence electrons. The lowest BCUT2D eigenvalue weighted by Crippen LogP contribution is -2.42. The van der Waals surface area contributed by atoms with E-state index in [9.17, 15) is 21.6 Å². The Kier molecular flexibility index (Phi) is 5.09. The average molecular weight is 294 g/mol. The second-order valence-electron chi connectivity index (χ2n) is 4.23. The van der Waals surface area contributed by atoms with Crippen LogP contribution >= 0.6 is 11.6 Å². The molecule has 0 saturated heterocycles. The van der Waals surface area contributed by atoms with E-state index in [0.717, 1.165) is 0 Å². The van der Waals surface area contributed by atoms with Crippen molar-refractivity contribution < 1.29 is 21.6 Å². The van der Waals surface area contributed by atoms with E-state index in [0.29, 0.717) is 12.8 Å². The lowest BCUT2D eigenvalue weighted by molar-refractivity contribution is -0.183. The molecule has 2 unspecified atom stereocenters. The molecule has 8 heteroatoms. The molecule has 1 aliphatic rings. The number of sulfonamides is 1. The highest BCUT2D eigenvalue weighted by Crippen LogP contribution is 2.37. The van der Waals surface area contributed by atoms with Crippen LogP contribution in [0.3, 0.4) is 0 Å². The second-order valence-corrected chi connectivity index (χ2v) is 6.48. The van der Waals surface area contributed by atoms with Gasteiger partial charge < -0.3 is 0 Å². The Labute approximate surface area is 104 Å². The lowest BCUT2D eigenvalue weighted by Gasteiger charge is -2.30. The van der Waals surface area contributed by atoms with E-state index < -0.39 is 28.2 Å². The Hall–Kier alpha value is -0.0100. The van der Waals surface area contributed by atoms with Crippen LogP contribution in [0.25, 0.3) is 0 Å². The van der Waals surface area contributed by atoms with E-state index in [4.69, 9.17) is 11.6 Å². The first kappa shape index (κ1) is 15.0. The van der Waals surface area contributed by atoms with Crippen molar-refractivity contribution in [2.75, 3.05) is 11.6 Å². The monoisotopic (exact) mass is 293 g/mol. The minimum Gasteiger partial charge on any atom is -0.212 e. The Balaban J connectivity index is 2.56. The van der Waals surface area contributed by atoms with E-state index in [1.165, 1.54) is 0 Å². The van der Waals surface area contributed by atoms with Crippen LogP contribution < -0.4 is 4.72 Å². The standard InChI is InChI=1S/C9H15ClF3NO2S/c10-4-5-17(15,16)14-8-3-1-2-7(6-8)9(11,12)13/h7-8,14H,1-6H2. The molecule has 0 heterocycles. The van der Waals surface area contributed by atoms with Crippen molar-refractivity contribution in [2.24, 2.45) is 5.92 Å². The smallest absolute Gasteiger partial charge is 0.212 e. The quantitative estimate of drug-likeness (QED) is 0.808. The maximum absolute atomic E-state index is 12.5. The molecule has 1 aliphatic carbocycles. The number of hydrogen-bond donors (Lipinski definition) is 1. The third-order valence-electron chi connectivity index (χ3n) is 2.83. The highest BCUT2D eigenvalue weighted by molar-refractivity contribution is 7.89. The van der Waals surface area contributed by atoms with Gasteiger partial charge in [0.05, 0.1) is 11.7 Å². The molecule has 0 aromatic carbocycles. The SMILES string of the molecule is O=S(=O)(CCCl)NC1CCCC(C(F)(F)F)C1. The third kappa shape index (κ3) is 5.01. The molecule has 0 aliphatic heterocycles. The van der Waals surface area contributed by atoms with Gasteiger partial charge in [0, 0.05) is 11.9 Å². The van der Waals surface area contributed by atoms with Gasteiger partial charge in [-0.25, -0.2) is 13.1 Å². The van der Waals surface area contributed by atoms with Crippen molar-refractivity contribution in [1.82, 2.24) is 4.72 Å². The molecule has 2 atom stereocenters. The molecule has 1 fully saturated rings. The van der Waals surface area contributed by atoms with Crippen LogP contribution in [-0.4, -0.2) is 32.3 Å². The normalized spacial score (nSPS) is 27.1. The summed E-state index contributed by atoms with van der Waals surface area (Å²) >= 11 is 5.31. The molecule has 17 heavy (non-hydrogen) atoms. The van der Waals surface area contributed by atoms with Gasteiger partial charge in [0.15, 0.2) is 0 Å². The fourth-order valence-electron chi connectivity index (χ4n) is 2.01. The van der Waals surface area contributed by atoms with Crippen LogP contribution in [0.5, 0.6) is 0 Å². The first-order chi connectivity index (χ1) is 7.74. The summed E-state index contributed by atoms with van der Waals surface area (Å²) in [5.74, 6) is -1.73. The molecule has 0 spiro atoms. The van der Waals surface area contributed by atoms with Crippen LogP contribution in [0, 0.1) is 5.92 Å². The van der Waals surface area contributed by atoms with Crippen molar-refractivity contribution in [3.63, 3.8) is 0 Å². The van der Waals surface area contributed by atoms with Crippen LogP contribution in [0.1, 0.15) is 25.7 Å². The molecular formula is C9H15ClF3NO2S. The van der Waals surface area contributed by atoms with E-state index in [1.807, 2.05) is 0 Å². The maximum atomic E-state index is 12.5. The minimum absolute atomic E-state index is 0.0647. The van der Waals surface area contributed by atoms with Crippen molar-refractivity contribution in [2.45, 2.75) is 37.9 Å². The largest absolute Gasteiger partial charge is 0.391 e. The van der Waals surface area contributed by atoms with Gasteiger partial charge in [0.25, 0.3) is 0 Å². The Morgan fingerprint density at radius 1 is 1.29 bits per heavy atom. The summed E-state index contributed by atoms with van der Waals surface area (Å²) in [6, 6.07) is -0.622. The summed E-state index contributed by atoms with van der Waals surface area (Å²) in [5, 5.41) is 0.